The van der Waals surface area contributed by atoms with Crippen molar-refractivity contribution in [1.29, 1.82) is 0 Å². The van der Waals surface area contributed by atoms with Crippen LogP contribution in [0.1, 0.15) is 25.3 Å². The van der Waals surface area contributed by atoms with E-state index in [1.807, 2.05) is 18.2 Å². The molecule has 1 aliphatic rings. The molecule has 1 atom stereocenters. The molecule has 1 heterocycles. The van der Waals surface area contributed by atoms with Crippen LogP contribution < -0.4 is 11.1 Å². The van der Waals surface area contributed by atoms with Gasteiger partial charge in [-0.1, -0.05) is 23.8 Å². The molecular formula is C14H19ClN2OS. The molecular weight excluding hydrogens is 280 g/mol. The topological polar surface area (TPSA) is 47.3 Å². The van der Waals surface area contributed by atoms with Crippen LogP contribution in [0.2, 0.25) is 5.02 Å². The number of benzene rings is 1. The molecule has 0 bridgehead atoms. The first kappa shape index (κ1) is 14.6. The summed E-state index contributed by atoms with van der Waals surface area (Å²) in [6, 6.07) is 5.95. The van der Waals surface area contributed by atoms with Gasteiger partial charge in [0.1, 0.15) is 4.99 Å². The second kappa shape index (κ2) is 6.55. The highest BCUT2D eigenvalue weighted by Crippen LogP contribution is 2.25. The maximum absolute atomic E-state index is 5.99. The molecule has 2 rings (SSSR count). The van der Waals surface area contributed by atoms with Crippen molar-refractivity contribution in [3.05, 3.63) is 28.8 Å². The number of ether oxygens (including phenoxy) is 1. The van der Waals surface area contributed by atoms with Crippen LogP contribution in [-0.4, -0.2) is 24.2 Å². The first-order valence-electron chi connectivity index (χ1n) is 6.51. The quantitative estimate of drug-likeness (QED) is 0.838. The third-order valence-corrected chi connectivity index (χ3v) is 4.06. The van der Waals surface area contributed by atoms with Gasteiger partial charge < -0.3 is 15.8 Å². The Morgan fingerprint density at radius 1 is 1.47 bits per heavy atom. The molecule has 1 aliphatic heterocycles. The fourth-order valence-electron chi connectivity index (χ4n) is 2.43. The van der Waals surface area contributed by atoms with Gasteiger partial charge in [0.15, 0.2) is 0 Å². The second-order valence-electron chi connectivity index (χ2n) is 4.94. The molecule has 3 nitrogen and oxygen atoms in total. The lowest BCUT2D eigenvalue weighted by Crippen LogP contribution is -2.31. The van der Waals surface area contributed by atoms with Crippen LogP contribution in [0, 0.1) is 5.92 Å². The number of hydrogen-bond donors (Lipinski definition) is 2. The van der Waals surface area contributed by atoms with Crippen molar-refractivity contribution in [3.63, 3.8) is 0 Å². The van der Waals surface area contributed by atoms with Gasteiger partial charge in [-0.2, -0.15) is 0 Å². The van der Waals surface area contributed by atoms with Crippen LogP contribution in [0.5, 0.6) is 0 Å². The molecule has 1 fully saturated rings. The summed E-state index contributed by atoms with van der Waals surface area (Å²) in [6.45, 7) is 3.88. The predicted octanol–water partition coefficient (Wildman–Crippen LogP) is 3.20. The molecule has 1 aromatic carbocycles. The molecule has 3 N–H and O–H groups in total. The predicted molar refractivity (Wildman–Crippen MR) is 84.0 cm³/mol. The average Bonchev–Trinajstić information content (AvgIpc) is 2.41. The van der Waals surface area contributed by atoms with E-state index in [-0.39, 0.29) is 0 Å². The Morgan fingerprint density at radius 2 is 2.16 bits per heavy atom. The van der Waals surface area contributed by atoms with E-state index in [0.29, 0.717) is 22.0 Å². The molecule has 5 heteroatoms. The molecule has 19 heavy (non-hydrogen) atoms. The van der Waals surface area contributed by atoms with Gasteiger partial charge in [0.05, 0.1) is 0 Å². The number of hydrogen-bond acceptors (Lipinski definition) is 3. The number of anilines is 1. The molecule has 104 valence electrons. The van der Waals surface area contributed by atoms with Crippen LogP contribution in [0.4, 0.5) is 5.69 Å². The van der Waals surface area contributed by atoms with Gasteiger partial charge in [-0.25, -0.2) is 0 Å². The van der Waals surface area contributed by atoms with E-state index in [1.54, 1.807) is 0 Å². The third-order valence-electron chi connectivity index (χ3n) is 3.60. The van der Waals surface area contributed by atoms with Gasteiger partial charge in [-0.15, -0.1) is 0 Å². The van der Waals surface area contributed by atoms with E-state index in [2.05, 4.69) is 12.2 Å². The molecule has 1 aromatic rings. The Kier molecular flexibility index (Phi) is 5.02. The summed E-state index contributed by atoms with van der Waals surface area (Å²) >= 11 is 11.1. The van der Waals surface area contributed by atoms with Crippen molar-refractivity contribution < 1.29 is 4.74 Å². The Bertz CT molecular complexity index is 461. The molecule has 0 radical (unpaired) electrons. The zero-order chi connectivity index (χ0) is 13.8. The van der Waals surface area contributed by atoms with Gasteiger partial charge in [0, 0.05) is 35.5 Å². The Morgan fingerprint density at radius 3 is 2.79 bits per heavy atom. The van der Waals surface area contributed by atoms with E-state index in [4.69, 9.17) is 34.3 Å². The number of thiocarbonyl (C=S) groups is 1. The summed E-state index contributed by atoms with van der Waals surface area (Å²) in [5, 5.41) is 4.15. The maximum atomic E-state index is 5.99. The number of rotatable bonds is 4. The van der Waals surface area contributed by atoms with Crippen LogP contribution >= 0.6 is 23.8 Å². The fraction of sp³-hybridized carbons (Fsp3) is 0.500. The van der Waals surface area contributed by atoms with E-state index in [9.17, 15) is 0 Å². The minimum absolute atomic E-state index is 0.359. The molecule has 1 saturated heterocycles. The first-order valence-corrected chi connectivity index (χ1v) is 7.30. The van der Waals surface area contributed by atoms with Crippen molar-refractivity contribution in [2.24, 2.45) is 11.7 Å². The summed E-state index contributed by atoms with van der Waals surface area (Å²) in [6.07, 6.45) is 2.17. The molecule has 0 aromatic heterocycles. The lowest BCUT2D eigenvalue weighted by atomic mass is 9.92. The number of nitrogens with one attached hydrogen (secondary N) is 1. The Hall–Kier alpha value is -0.840. The van der Waals surface area contributed by atoms with Gasteiger partial charge in [-0.3, -0.25) is 0 Å². The minimum Gasteiger partial charge on any atom is -0.389 e. The SMILES string of the molecule is CC(Nc1ccc(Cl)cc1C(N)=S)C1CCOCC1. The van der Waals surface area contributed by atoms with E-state index >= 15 is 0 Å². The van der Waals surface area contributed by atoms with Crippen molar-refractivity contribution >= 4 is 34.5 Å². The van der Waals surface area contributed by atoms with Gasteiger partial charge in [-0.05, 0) is 43.9 Å². The summed E-state index contributed by atoms with van der Waals surface area (Å²) in [5.74, 6) is 0.614. The molecule has 0 spiro atoms. The van der Waals surface area contributed by atoms with Crippen LogP contribution in [0.3, 0.4) is 0 Å². The summed E-state index contributed by atoms with van der Waals surface area (Å²) in [7, 11) is 0. The van der Waals surface area contributed by atoms with E-state index in [0.717, 1.165) is 37.3 Å². The lowest BCUT2D eigenvalue weighted by Gasteiger charge is -2.29. The molecule has 0 aliphatic carbocycles. The van der Waals surface area contributed by atoms with Crippen molar-refractivity contribution in [2.75, 3.05) is 18.5 Å². The van der Waals surface area contributed by atoms with Gasteiger partial charge in [0.25, 0.3) is 0 Å². The summed E-state index contributed by atoms with van der Waals surface area (Å²) in [4.78, 5) is 0.365. The van der Waals surface area contributed by atoms with E-state index < -0.39 is 0 Å². The highest BCUT2D eigenvalue weighted by Gasteiger charge is 2.21. The summed E-state index contributed by atoms with van der Waals surface area (Å²) in [5.41, 5.74) is 7.51. The maximum Gasteiger partial charge on any atom is 0.106 e. The van der Waals surface area contributed by atoms with Crippen LogP contribution in [0.15, 0.2) is 18.2 Å². The molecule has 0 amide bonds. The highest BCUT2D eigenvalue weighted by atomic mass is 35.5. The zero-order valence-corrected chi connectivity index (χ0v) is 12.6. The highest BCUT2D eigenvalue weighted by molar-refractivity contribution is 7.80. The van der Waals surface area contributed by atoms with Crippen molar-refractivity contribution in [3.8, 4) is 0 Å². The average molecular weight is 299 g/mol. The van der Waals surface area contributed by atoms with E-state index in [1.165, 1.54) is 0 Å². The van der Waals surface area contributed by atoms with Crippen LogP contribution in [0.25, 0.3) is 0 Å². The second-order valence-corrected chi connectivity index (χ2v) is 5.81. The standard InChI is InChI=1S/C14H19ClN2OS/c1-9(10-4-6-18-7-5-10)17-13-3-2-11(15)8-12(13)14(16)19/h2-3,8-10,17H,4-7H2,1H3,(H2,16,19). The Balaban J connectivity index is 2.11. The fourth-order valence-corrected chi connectivity index (χ4v) is 2.77. The zero-order valence-electron chi connectivity index (χ0n) is 11.0. The molecule has 0 saturated carbocycles. The van der Waals surface area contributed by atoms with Gasteiger partial charge in [0.2, 0.25) is 0 Å². The Labute approximate surface area is 124 Å². The van der Waals surface area contributed by atoms with Crippen molar-refractivity contribution in [1.82, 2.24) is 0 Å². The first-order chi connectivity index (χ1) is 9.08. The molecule has 1 unspecified atom stereocenters. The van der Waals surface area contributed by atoms with Gasteiger partial charge >= 0.3 is 0 Å². The van der Waals surface area contributed by atoms with Crippen molar-refractivity contribution in [2.45, 2.75) is 25.8 Å². The number of halogens is 1. The largest absolute Gasteiger partial charge is 0.389 e. The number of nitrogens with two attached hydrogens (primary N) is 1. The monoisotopic (exact) mass is 298 g/mol. The summed E-state index contributed by atoms with van der Waals surface area (Å²) < 4.78 is 5.39. The smallest absolute Gasteiger partial charge is 0.106 e. The minimum atomic E-state index is 0.359. The lowest BCUT2D eigenvalue weighted by molar-refractivity contribution is 0.0622. The normalized spacial score (nSPS) is 18.0. The van der Waals surface area contributed by atoms with Crippen LogP contribution in [-0.2, 0) is 4.74 Å². The third kappa shape index (κ3) is 3.81.